The largest absolute Gasteiger partial charge is 0.363 e. The Labute approximate surface area is 158 Å². The van der Waals surface area contributed by atoms with E-state index in [-0.39, 0.29) is 0 Å². The highest BCUT2D eigenvalue weighted by Crippen LogP contribution is 2.25. The number of anilines is 1. The molecule has 0 aliphatic rings. The van der Waals surface area contributed by atoms with E-state index >= 15 is 0 Å². The first-order valence-electron chi connectivity index (χ1n) is 8.72. The number of hydrogen-bond acceptors (Lipinski definition) is 5. The lowest BCUT2D eigenvalue weighted by molar-refractivity contribution is 0.675. The lowest BCUT2D eigenvalue weighted by Gasteiger charge is -2.11. The first kappa shape index (κ1) is 16.9. The number of aromatic nitrogens is 5. The minimum Gasteiger partial charge on any atom is -0.363 e. The minimum absolute atomic E-state index is 0.651. The summed E-state index contributed by atoms with van der Waals surface area (Å²) in [4.78, 5) is 15.0. The first-order valence-corrected chi connectivity index (χ1v) is 8.72. The maximum atomic E-state index is 4.69. The summed E-state index contributed by atoms with van der Waals surface area (Å²) in [5, 5.41) is 4.69. The monoisotopic (exact) mass is 356 g/mol. The van der Waals surface area contributed by atoms with E-state index in [1.54, 1.807) is 12.5 Å². The minimum atomic E-state index is 0.651. The molecule has 6 heteroatoms. The summed E-state index contributed by atoms with van der Waals surface area (Å²) in [6.45, 7) is 0.651. The molecule has 4 rings (SSSR count). The zero-order valence-electron chi connectivity index (χ0n) is 15.3. The van der Waals surface area contributed by atoms with Gasteiger partial charge in [0.15, 0.2) is 0 Å². The first-order chi connectivity index (χ1) is 13.2. The summed E-state index contributed by atoms with van der Waals surface area (Å²) >= 11 is 0. The Kier molecular flexibility index (Phi) is 4.61. The van der Waals surface area contributed by atoms with Gasteiger partial charge in [-0.25, -0.2) is 9.97 Å². The summed E-state index contributed by atoms with van der Waals surface area (Å²) in [5.74, 6) is 0.880. The van der Waals surface area contributed by atoms with Gasteiger partial charge in [-0.3, -0.25) is 9.67 Å². The van der Waals surface area contributed by atoms with Gasteiger partial charge in [-0.15, -0.1) is 0 Å². The molecule has 3 aromatic heterocycles. The lowest BCUT2D eigenvalue weighted by Crippen LogP contribution is -2.10. The summed E-state index contributed by atoms with van der Waals surface area (Å²) in [7, 11) is 3.94. The van der Waals surface area contributed by atoms with Crippen molar-refractivity contribution >= 4 is 5.82 Å². The van der Waals surface area contributed by atoms with Crippen LogP contribution in [0.4, 0.5) is 5.82 Å². The Morgan fingerprint density at radius 3 is 2.48 bits per heavy atom. The van der Waals surface area contributed by atoms with Crippen molar-refractivity contribution < 1.29 is 0 Å². The van der Waals surface area contributed by atoms with Crippen LogP contribution in [0.2, 0.25) is 0 Å². The average molecular weight is 356 g/mol. The van der Waals surface area contributed by atoms with Gasteiger partial charge in [0, 0.05) is 43.7 Å². The summed E-state index contributed by atoms with van der Waals surface area (Å²) in [6.07, 6.45) is 5.37. The third-order valence-corrected chi connectivity index (χ3v) is 4.26. The second kappa shape index (κ2) is 7.37. The normalized spacial score (nSPS) is 10.7. The predicted molar refractivity (Wildman–Crippen MR) is 106 cm³/mol. The van der Waals surface area contributed by atoms with Gasteiger partial charge in [0.1, 0.15) is 12.1 Å². The summed E-state index contributed by atoms with van der Waals surface area (Å²) in [6, 6.07) is 18.2. The number of pyridine rings is 1. The number of benzene rings is 1. The average Bonchev–Trinajstić information content (AvgIpc) is 3.17. The molecule has 0 unspecified atom stereocenters. The zero-order chi connectivity index (χ0) is 18.6. The molecule has 0 radical (unpaired) electrons. The highest BCUT2D eigenvalue weighted by molar-refractivity contribution is 5.70. The van der Waals surface area contributed by atoms with Crippen LogP contribution in [0.15, 0.2) is 73.3 Å². The quantitative estimate of drug-likeness (QED) is 0.548. The lowest BCUT2D eigenvalue weighted by atomic mass is 10.1. The maximum absolute atomic E-state index is 4.69. The summed E-state index contributed by atoms with van der Waals surface area (Å²) in [5.41, 5.74) is 4.89. The van der Waals surface area contributed by atoms with Gasteiger partial charge in [-0.05, 0) is 24.3 Å². The summed E-state index contributed by atoms with van der Waals surface area (Å²) < 4.78 is 1.90. The number of nitrogens with zero attached hydrogens (tertiary/aromatic N) is 6. The predicted octanol–water partition coefficient (Wildman–Crippen LogP) is 3.52. The smallest absolute Gasteiger partial charge is 0.132 e. The van der Waals surface area contributed by atoms with E-state index in [0.29, 0.717) is 6.54 Å². The van der Waals surface area contributed by atoms with Crippen LogP contribution in [0.3, 0.4) is 0 Å². The van der Waals surface area contributed by atoms with Crippen molar-refractivity contribution in [2.24, 2.45) is 0 Å². The maximum Gasteiger partial charge on any atom is 0.132 e. The molecular formula is C21H20N6. The molecule has 0 saturated carbocycles. The topological polar surface area (TPSA) is 59.7 Å². The molecule has 0 N–H and O–H groups in total. The van der Waals surface area contributed by atoms with Crippen molar-refractivity contribution in [3.63, 3.8) is 0 Å². The van der Waals surface area contributed by atoms with Crippen molar-refractivity contribution in [2.75, 3.05) is 19.0 Å². The van der Waals surface area contributed by atoms with E-state index in [1.807, 2.05) is 66.3 Å². The van der Waals surface area contributed by atoms with Crippen molar-refractivity contribution in [3.05, 3.63) is 79.0 Å². The fraction of sp³-hybridized carbons (Fsp3) is 0.143. The molecule has 0 bridgehead atoms. The second-order valence-corrected chi connectivity index (χ2v) is 6.46. The number of rotatable bonds is 5. The van der Waals surface area contributed by atoms with E-state index < -0.39 is 0 Å². The Bertz CT molecular complexity index is 1040. The van der Waals surface area contributed by atoms with Gasteiger partial charge in [-0.1, -0.05) is 24.3 Å². The molecule has 0 amide bonds. The molecule has 27 heavy (non-hydrogen) atoms. The van der Waals surface area contributed by atoms with Crippen LogP contribution in [0, 0.1) is 0 Å². The molecule has 0 aliphatic carbocycles. The third kappa shape index (κ3) is 3.84. The van der Waals surface area contributed by atoms with Crippen molar-refractivity contribution in [2.45, 2.75) is 6.54 Å². The molecule has 6 nitrogen and oxygen atoms in total. The fourth-order valence-electron chi connectivity index (χ4n) is 2.85. The van der Waals surface area contributed by atoms with Crippen LogP contribution in [0.25, 0.3) is 22.5 Å². The molecule has 0 aliphatic heterocycles. The fourth-order valence-corrected chi connectivity index (χ4v) is 2.85. The van der Waals surface area contributed by atoms with Gasteiger partial charge in [-0.2, -0.15) is 5.10 Å². The molecule has 0 atom stereocenters. The Hall–Kier alpha value is -3.54. The van der Waals surface area contributed by atoms with Gasteiger partial charge < -0.3 is 4.90 Å². The molecule has 0 saturated heterocycles. The zero-order valence-corrected chi connectivity index (χ0v) is 15.3. The molecule has 3 heterocycles. The van der Waals surface area contributed by atoms with Crippen LogP contribution < -0.4 is 4.90 Å². The van der Waals surface area contributed by atoms with Crippen molar-refractivity contribution in [3.8, 4) is 22.5 Å². The van der Waals surface area contributed by atoms with Crippen molar-refractivity contribution in [1.29, 1.82) is 0 Å². The van der Waals surface area contributed by atoms with Crippen LogP contribution in [0.5, 0.6) is 0 Å². The molecule has 4 aromatic rings. The van der Waals surface area contributed by atoms with E-state index in [4.69, 9.17) is 5.10 Å². The van der Waals surface area contributed by atoms with Crippen LogP contribution in [-0.4, -0.2) is 38.8 Å². The van der Waals surface area contributed by atoms with Gasteiger partial charge >= 0.3 is 0 Å². The molecule has 1 aromatic carbocycles. The van der Waals surface area contributed by atoms with Gasteiger partial charge in [0.25, 0.3) is 0 Å². The van der Waals surface area contributed by atoms with Gasteiger partial charge in [0.05, 0.1) is 23.6 Å². The molecule has 134 valence electrons. The van der Waals surface area contributed by atoms with E-state index in [2.05, 4.69) is 33.2 Å². The number of hydrogen-bond donors (Lipinski definition) is 0. The van der Waals surface area contributed by atoms with Crippen molar-refractivity contribution in [1.82, 2.24) is 24.7 Å². The highest BCUT2D eigenvalue weighted by Gasteiger charge is 2.08. The van der Waals surface area contributed by atoms with Crippen LogP contribution >= 0.6 is 0 Å². The molecule has 0 fully saturated rings. The van der Waals surface area contributed by atoms with E-state index in [1.165, 1.54) is 0 Å². The molecular weight excluding hydrogens is 336 g/mol. The van der Waals surface area contributed by atoms with E-state index in [9.17, 15) is 0 Å². The Morgan fingerprint density at radius 2 is 1.70 bits per heavy atom. The highest BCUT2D eigenvalue weighted by atomic mass is 15.3. The molecule has 0 spiro atoms. The second-order valence-electron chi connectivity index (χ2n) is 6.46. The van der Waals surface area contributed by atoms with Crippen LogP contribution in [0.1, 0.15) is 5.69 Å². The van der Waals surface area contributed by atoms with Crippen LogP contribution in [-0.2, 0) is 6.54 Å². The standard InChI is InChI=1S/C21H20N6/c1-26(2)21-13-20(23-15-24-21)17-7-5-6-16(12-17)19-9-11-27(25-19)14-18-8-3-4-10-22-18/h3-13,15H,14H2,1-2H3. The van der Waals surface area contributed by atoms with E-state index in [0.717, 1.165) is 34.0 Å². The SMILES string of the molecule is CN(C)c1cc(-c2cccc(-c3ccn(Cc4ccccn4)n3)c2)ncn1. The Morgan fingerprint density at radius 1 is 0.852 bits per heavy atom. The Balaban J connectivity index is 1.61. The van der Waals surface area contributed by atoms with Gasteiger partial charge in [0.2, 0.25) is 0 Å². The third-order valence-electron chi connectivity index (χ3n) is 4.26.